The predicted molar refractivity (Wildman–Crippen MR) is 86.2 cm³/mol. The summed E-state index contributed by atoms with van der Waals surface area (Å²) >= 11 is 0. The molecule has 0 aromatic carbocycles. The van der Waals surface area contributed by atoms with E-state index in [0.717, 1.165) is 63.1 Å². The maximum atomic E-state index is 5.78. The Balaban J connectivity index is 1.67. The van der Waals surface area contributed by atoms with Crippen molar-refractivity contribution >= 4 is 11.8 Å². The molecular weight excluding hydrogens is 280 g/mol. The van der Waals surface area contributed by atoms with Gasteiger partial charge in [0.1, 0.15) is 5.82 Å². The number of hydrogen-bond donors (Lipinski definition) is 1. The van der Waals surface area contributed by atoms with Crippen molar-refractivity contribution in [3.05, 3.63) is 11.8 Å². The van der Waals surface area contributed by atoms with Crippen molar-refractivity contribution < 1.29 is 9.47 Å². The van der Waals surface area contributed by atoms with Crippen LogP contribution in [0.25, 0.3) is 0 Å². The molecule has 3 rings (SSSR count). The monoisotopic (exact) mass is 306 g/mol. The lowest BCUT2D eigenvalue weighted by Crippen LogP contribution is -2.45. The predicted octanol–water partition coefficient (Wildman–Crippen LogP) is 2.20. The second-order valence-corrected chi connectivity index (χ2v) is 6.56. The Morgan fingerprint density at radius 3 is 2.55 bits per heavy atom. The minimum atomic E-state index is -0.336. The SMILES string of the molecule is Cc1cc(N2CCC3(CC2)OCCO3)nc(NCC(C)C)n1. The van der Waals surface area contributed by atoms with Crippen LogP contribution in [0.15, 0.2) is 6.07 Å². The molecule has 0 radical (unpaired) electrons. The van der Waals surface area contributed by atoms with E-state index in [4.69, 9.17) is 9.47 Å². The topological polar surface area (TPSA) is 59.5 Å². The minimum absolute atomic E-state index is 0.336. The van der Waals surface area contributed by atoms with Crippen LogP contribution in [0, 0.1) is 12.8 Å². The molecule has 0 amide bonds. The van der Waals surface area contributed by atoms with Gasteiger partial charge in [0.05, 0.1) is 13.2 Å². The van der Waals surface area contributed by atoms with E-state index in [1.54, 1.807) is 0 Å². The number of anilines is 2. The van der Waals surface area contributed by atoms with Crippen molar-refractivity contribution in [3.8, 4) is 0 Å². The van der Waals surface area contributed by atoms with Crippen LogP contribution in [0.4, 0.5) is 11.8 Å². The largest absolute Gasteiger partial charge is 0.356 e. The van der Waals surface area contributed by atoms with Gasteiger partial charge in [-0.15, -0.1) is 0 Å². The van der Waals surface area contributed by atoms with Gasteiger partial charge >= 0.3 is 0 Å². The van der Waals surface area contributed by atoms with Crippen molar-refractivity contribution in [1.29, 1.82) is 0 Å². The minimum Gasteiger partial charge on any atom is -0.356 e. The quantitative estimate of drug-likeness (QED) is 0.920. The smallest absolute Gasteiger partial charge is 0.224 e. The molecule has 6 nitrogen and oxygen atoms in total. The summed E-state index contributed by atoms with van der Waals surface area (Å²) in [5.41, 5.74) is 0.991. The number of nitrogens with zero attached hydrogens (tertiary/aromatic N) is 3. The summed E-state index contributed by atoms with van der Waals surface area (Å²) in [5, 5.41) is 3.31. The Kier molecular flexibility index (Phi) is 4.49. The third kappa shape index (κ3) is 3.50. The highest BCUT2D eigenvalue weighted by molar-refractivity contribution is 5.45. The molecule has 122 valence electrons. The maximum Gasteiger partial charge on any atom is 0.224 e. The van der Waals surface area contributed by atoms with Crippen LogP contribution in [0.1, 0.15) is 32.4 Å². The number of ether oxygens (including phenoxy) is 2. The van der Waals surface area contributed by atoms with Gasteiger partial charge < -0.3 is 19.7 Å². The van der Waals surface area contributed by atoms with E-state index in [1.165, 1.54) is 0 Å². The van der Waals surface area contributed by atoms with Gasteiger partial charge in [-0.25, -0.2) is 4.98 Å². The average molecular weight is 306 g/mol. The van der Waals surface area contributed by atoms with Gasteiger partial charge in [0.15, 0.2) is 5.79 Å². The summed E-state index contributed by atoms with van der Waals surface area (Å²) in [4.78, 5) is 11.4. The summed E-state index contributed by atoms with van der Waals surface area (Å²) < 4.78 is 11.6. The highest BCUT2D eigenvalue weighted by Gasteiger charge is 2.40. The summed E-state index contributed by atoms with van der Waals surface area (Å²) in [6.45, 7) is 10.5. The Labute approximate surface area is 132 Å². The normalized spacial score (nSPS) is 20.8. The Hall–Kier alpha value is -1.40. The number of rotatable bonds is 4. The van der Waals surface area contributed by atoms with E-state index >= 15 is 0 Å². The summed E-state index contributed by atoms with van der Waals surface area (Å²) in [6, 6.07) is 2.05. The molecule has 22 heavy (non-hydrogen) atoms. The zero-order valence-corrected chi connectivity index (χ0v) is 13.8. The molecule has 0 aliphatic carbocycles. The lowest BCUT2D eigenvalue weighted by atomic mass is 10.0. The first-order chi connectivity index (χ1) is 10.6. The highest BCUT2D eigenvalue weighted by atomic mass is 16.7. The fourth-order valence-electron chi connectivity index (χ4n) is 2.95. The van der Waals surface area contributed by atoms with Gasteiger partial charge in [-0.3, -0.25) is 0 Å². The first-order valence-corrected chi connectivity index (χ1v) is 8.19. The van der Waals surface area contributed by atoms with Crippen LogP contribution in [0.3, 0.4) is 0 Å². The van der Waals surface area contributed by atoms with Crippen LogP contribution in [0.2, 0.25) is 0 Å². The van der Waals surface area contributed by atoms with Gasteiger partial charge in [0, 0.05) is 44.2 Å². The first-order valence-electron chi connectivity index (χ1n) is 8.19. The molecule has 0 saturated carbocycles. The number of aromatic nitrogens is 2. The van der Waals surface area contributed by atoms with Crippen LogP contribution in [-0.4, -0.2) is 48.6 Å². The van der Waals surface area contributed by atoms with Crippen molar-refractivity contribution in [2.75, 3.05) is 43.1 Å². The number of nitrogens with one attached hydrogen (secondary N) is 1. The standard InChI is InChI=1S/C16H26N4O2/c1-12(2)11-17-15-18-13(3)10-14(19-15)20-6-4-16(5-7-20)21-8-9-22-16/h10,12H,4-9,11H2,1-3H3,(H,17,18,19). The van der Waals surface area contributed by atoms with E-state index < -0.39 is 0 Å². The molecule has 0 bridgehead atoms. The number of hydrogen-bond acceptors (Lipinski definition) is 6. The molecule has 2 saturated heterocycles. The lowest BCUT2D eigenvalue weighted by molar-refractivity contribution is -0.169. The maximum absolute atomic E-state index is 5.78. The number of piperidine rings is 1. The van der Waals surface area contributed by atoms with E-state index in [-0.39, 0.29) is 5.79 Å². The molecule has 1 aromatic heterocycles. The fourth-order valence-corrected chi connectivity index (χ4v) is 2.95. The van der Waals surface area contributed by atoms with Gasteiger partial charge in [-0.05, 0) is 12.8 Å². The van der Waals surface area contributed by atoms with Crippen LogP contribution < -0.4 is 10.2 Å². The molecular formula is C16H26N4O2. The molecule has 1 N–H and O–H groups in total. The zero-order chi connectivity index (χ0) is 15.6. The third-order valence-corrected chi connectivity index (χ3v) is 4.17. The summed E-state index contributed by atoms with van der Waals surface area (Å²) in [6.07, 6.45) is 1.79. The highest BCUT2D eigenvalue weighted by Crippen LogP contribution is 2.32. The molecule has 2 aliphatic heterocycles. The van der Waals surface area contributed by atoms with Crippen molar-refractivity contribution in [2.24, 2.45) is 5.92 Å². The van der Waals surface area contributed by atoms with Crippen molar-refractivity contribution in [1.82, 2.24) is 9.97 Å². The molecule has 6 heteroatoms. The third-order valence-electron chi connectivity index (χ3n) is 4.17. The number of aryl methyl sites for hydroxylation is 1. The molecule has 2 aliphatic rings. The van der Waals surface area contributed by atoms with Gasteiger partial charge in [-0.2, -0.15) is 4.98 Å². The Morgan fingerprint density at radius 2 is 1.91 bits per heavy atom. The lowest BCUT2D eigenvalue weighted by Gasteiger charge is -2.38. The second kappa shape index (κ2) is 6.38. The van der Waals surface area contributed by atoms with Gasteiger partial charge in [0.25, 0.3) is 0 Å². The molecule has 1 aromatic rings. The molecule has 0 unspecified atom stereocenters. The molecule has 1 spiro atoms. The molecule has 2 fully saturated rings. The van der Waals surface area contributed by atoms with E-state index in [1.807, 2.05) is 6.92 Å². The Morgan fingerprint density at radius 1 is 1.23 bits per heavy atom. The van der Waals surface area contributed by atoms with Gasteiger partial charge in [-0.1, -0.05) is 13.8 Å². The fraction of sp³-hybridized carbons (Fsp3) is 0.750. The van der Waals surface area contributed by atoms with Gasteiger partial charge in [0.2, 0.25) is 5.95 Å². The summed E-state index contributed by atoms with van der Waals surface area (Å²) in [5.74, 6) is 1.94. The van der Waals surface area contributed by atoms with E-state index in [9.17, 15) is 0 Å². The Bertz CT molecular complexity index is 505. The van der Waals surface area contributed by atoms with Crippen LogP contribution >= 0.6 is 0 Å². The van der Waals surface area contributed by atoms with Crippen LogP contribution in [-0.2, 0) is 9.47 Å². The molecule has 0 atom stereocenters. The second-order valence-electron chi connectivity index (χ2n) is 6.56. The zero-order valence-electron chi connectivity index (χ0n) is 13.8. The van der Waals surface area contributed by atoms with Crippen molar-refractivity contribution in [3.63, 3.8) is 0 Å². The van der Waals surface area contributed by atoms with Crippen LogP contribution in [0.5, 0.6) is 0 Å². The van der Waals surface area contributed by atoms with E-state index in [0.29, 0.717) is 5.92 Å². The summed E-state index contributed by atoms with van der Waals surface area (Å²) in [7, 11) is 0. The van der Waals surface area contributed by atoms with Crippen molar-refractivity contribution in [2.45, 2.75) is 39.4 Å². The van der Waals surface area contributed by atoms with E-state index in [2.05, 4.69) is 40.1 Å². The first kappa shape index (κ1) is 15.5. The average Bonchev–Trinajstić information content (AvgIpc) is 2.93. The molecule has 3 heterocycles.